The fourth-order valence-electron chi connectivity index (χ4n) is 3.23. The molecule has 1 aliphatic heterocycles. The highest BCUT2D eigenvalue weighted by atomic mass is 16.5. The van der Waals surface area contributed by atoms with Crippen LogP contribution in [0.3, 0.4) is 0 Å². The van der Waals surface area contributed by atoms with E-state index in [-0.39, 0.29) is 11.8 Å². The third-order valence-electron chi connectivity index (χ3n) is 5.02. The number of carbonyl (C=O) groups is 2. The second-order valence-corrected chi connectivity index (χ2v) is 7.55. The van der Waals surface area contributed by atoms with Gasteiger partial charge in [-0.15, -0.1) is 0 Å². The molecule has 1 aliphatic rings. The fourth-order valence-corrected chi connectivity index (χ4v) is 3.23. The SMILES string of the molecule is CC(Oc1ccc(C(C)C)cc1)C(=O)Nc1ccc(C(=O)N2CCCC2)cc1. The number of rotatable bonds is 6. The molecule has 5 heteroatoms. The van der Waals surface area contributed by atoms with Gasteiger partial charge < -0.3 is 15.0 Å². The maximum atomic E-state index is 12.4. The minimum absolute atomic E-state index is 0.0527. The normalized spacial score (nSPS) is 14.8. The van der Waals surface area contributed by atoms with Gasteiger partial charge in [-0.2, -0.15) is 0 Å². The first kappa shape index (κ1) is 19.9. The summed E-state index contributed by atoms with van der Waals surface area (Å²) >= 11 is 0. The van der Waals surface area contributed by atoms with E-state index in [4.69, 9.17) is 4.74 Å². The summed E-state index contributed by atoms with van der Waals surface area (Å²) in [5.41, 5.74) is 2.52. The van der Waals surface area contributed by atoms with Crippen LogP contribution in [0.25, 0.3) is 0 Å². The summed E-state index contributed by atoms with van der Waals surface area (Å²) in [6, 6.07) is 14.8. The molecule has 148 valence electrons. The van der Waals surface area contributed by atoms with Crippen LogP contribution in [0, 0.1) is 0 Å². The van der Waals surface area contributed by atoms with E-state index in [2.05, 4.69) is 19.2 Å². The summed E-state index contributed by atoms with van der Waals surface area (Å²) in [4.78, 5) is 26.7. The maximum Gasteiger partial charge on any atom is 0.265 e. The lowest BCUT2D eigenvalue weighted by Crippen LogP contribution is -2.30. The van der Waals surface area contributed by atoms with Crippen LogP contribution in [0.1, 0.15) is 55.5 Å². The van der Waals surface area contributed by atoms with Crippen molar-refractivity contribution in [2.75, 3.05) is 18.4 Å². The summed E-state index contributed by atoms with van der Waals surface area (Å²) in [7, 11) is 0. The van der Waals surface area contributed by atoms with Gasteiger partial charge in [0.2, 0.25) is 0 Å². The first-order valence-corrected chi connectivity index (χ1v) is 9.91. The molecular formula is C23H28N2O3. The molecular weight excluding hydrogens is 352 g/mol. The Morgan fingerprint density at radius 1 is 0.929 bits per heavy atom. The molecule has 1 unspecified atom stereocenters. The number of benzene rings is 2. The number of carbonyl (C=O) groups excluding carboxylic acids is 2. The molecule has 2 aromatic carbocycles. The number of hydrogen-bond acceptors (Lipinski definition) is 3. The van der Waals surface area contributed by atoms with E-state index < -0.39 is 6.10 Å². The zero-order valence-corrected chi connectivity index (χ0v) is 16.8. The molecule has 1 fully saturated rings. The van der Waals surface area contributed by atoms with Crippen LogP contribution in [0.15, 0.2) is 48.5 Å². The summed E-state index contributed by atoms with van der Waals surface area (Å²) in [5.74, 6) is 0.942. The Balaban J connectivity index is 1.55. The van der Waals surface area contributed by atoms with Gasteiger partial charge in [0.05, 0.1) is 0 Å². The monoisotopic (exact) mass is 380 g/mol. The van der Waals surface area contributed by atoms with E-state index in [9.17, 15) is 9.59 Å². The van der Waals surface area contributed by atoms with Crippen LogP contribution >= 0.6 is 0 Å². The molecule has 0 saturated carbocycles. The molecule has 1 N–H and O–H groups in total. The molecule has 3 rings (SSSR count). The average Bonchev–Trinajstić information content (AvgIpc) is 3.23. The van der Waals surface area contributed by atoms with Crippen molar-refractivity contribution in [3.63, 3.8) is 0 Å². The molecule has 0 bridgehead atoms. The average molecular weight is 380 g/mol. The van der Waals surface area contributed by atoms with Gasteiger partial charge in [-0.1, -0.05) is 26.0 Å². The van der Waals surface area contributed by atoms with Gasteiger partial charge in [0.15, 0.2) is 6.10 Å². The number of ether oxygens (including phenoxy) is 1. The summed E-state index contributed by atoms with van der Waals surface area (Å²) in [6.45, 7) is 7.64. The van der Waals surface area contributed by atoms with E-state index in [0.29, 0.717) is 22.9 Å². The molecule has 0 radical (unpaired) electrons. The van der Waals surface area contributed by atoms with Crippen LogP contribution in [0.2, 0.25) is 0 Å². The fraction of sp³-hybridized carbons (Fsp3) is 0.391. The zero-order chi connectivity index (χ0) is 20.1. The number of likely N-dealkylation sites (tertiary alicyclic amines) is 1. The lowest BCUT2D eigenvalue weighted by molar-refractivity contribution is -0.122. The first-order chi connectivity index (χ1) is 13.4. The number of anilines is 1. The lowest BCUT2D eigenvalue weighted by Gasteiger charge is -2.17. The van der Waals surface area contributed by atoms with E-state index in [0.717, 1.165) is 25.9 Å². The predicted octanol–water partition coefficient (Wildman–Crippen LogP) is 4.45. The Kier molecular flexibility index (Phi) is 6.34. The molecule has 28 heavy (non-hydrogen) atoms. The highest BCUT2D eigenvalue weighted by Gasteiger charge is 2.20. The minimum Gasteiger partial charge on any atom is -0.481 e. The highest BCUT2D eigenvalue weighted by Crippen LogP contribution is 2.20. The number of hydrogen-bond donors (Lipinski definition) is 1. The van der Waals surface area contributed by atoms with Gasteiger partial charge in [-0.3, -0.25) is 9.59 Å². The topological polar surface area (TPSA) is 58.6 Å². The van der Waals surface area contributed by atoms with E-state index in [1.165, 1.54) is 5.56 Å². The van der Waals surface area contributed by atoms with Gasteiger partial charge in [-0.05, 0) is 67.6 Å². The molecule has 1 heterocycles. The van der Waals surface area contributed by atoms with Crippen molar-refractivity contribution in [1.82, 2.24) is 4.90 Å². The molecule has 0 aromatic heterocycles. The Labute approximate surface area is 166 Å². The summed E-state index contributed by atoms with van der Waals surface area (Å²) < 4.78 is 5.74. The van der Waals surface area contributed by atoms with Gasteiger partial charge in [0.1, 0.15) is 5.75 Å². The molecule has 1 atom stereocenters. The molecule has 2 aromatic rings. The third-order valence-corrected chi connectivity index (χ3v) is 5.02. The van der Waals surface area contributed by atoms with Crippen molar-refractivity contribution in [2.24, 2.45) is 0 Å². The number of amides is 2. The first-order valence-electron chi connectivity index (χ1n) is 9.91. The van der Waals surface area contributed by atoms with Crippen molar-refractivity contribution in [3.8, 4) is 5.75 Å². The molecule has 5 nitrogen and oxygen atoms in total. The van der Waals surface area contributed by atoms with Crippen LogP contribution in [0.5, 0.6) is 5.75 Å². The molecule has 0 aliphatic carbocycles. The number of nitrogens with zero attached hydrogens (tertiary/aromatic N) is 1. The van der Waals surface area contributed by atoms with Gasteiger partial charge in [0, 0.05) is 24.3 Å². The maximum absolute atomic E-state index is 12.4. The lowest BCUT2D eigenvalue weighted by atomic mass is 10.0. The largest absolute Gasteiger partial charge is 0.481 e. The van der Waals surface area contributed by atoms with Crippen molar-refractivity contribution in [3.05, 3.63) is 59.7 Å². The Morgan fingerprint density at radius 2 is 1.54 bits per heavy atom. The standard InChI is InChI=1S/C23H28N2O3/c1-16(2)18-8-12-21(13-9-18)28-17(3)22(26)24-20-10-6-19(7-11-20)23(27)25-14-4-5-15-25/h6-13,16-17H,4-5,14-15H2,1-3H3,(H,24,26). The highest BCUT2D eigenvalue weighted by molar-refractivity contribution is 5.97. The summed E-state index contributed by atoms with van der Waals surface area (Å²) in [5, 5.41) is 2.84. The second kappa shape index (κ2) is 8.91. The van der Waals surface area contributed by atoms with Crippen molar-refractivity contribution >= 4 is 17.5 Å². The molecule has 1 saturated heterocycles. The quantitative estimate of drug-likeness (QED) is 0.805. The van der Waals surface area contributed by atoms with Crippen molar-refractivity contribution < 1.29 is 14.3 Å². The van der Waals surface area contributed by atoms with Crippen LogP contribution < -0.4 is 10.1 Å². The van der Waals surface area contributed by atoms with Gasteiger partial charge >= 0.3 is 0 Å². The van der Waals surface area contributed by atoms with Crippen LogP contribution in [-0.2, 0) is 4.79 Å². The zero-order valence-electron chi connectivity index (χ0n) is 16.8. The van der Waals surface area contributed by atoms with E-state index >= 15 is 0 Å². The Bertz CT molecular complexity index is 807. The third kappa shape index (κ3) is 4.91. The smallest absolute Gasteiger partial charge is 0.265 e. The van der Waals surface area contributed by atoms with E-state index in [1.54, 1.807) is 31.2 Å². The Morgan fingerprint density at radius 3 is 2.11 bits per heavy atom. The molecule has 2 amide bonds. The van der Waals surface area contributed by atoms with Gasteiger partial charge in [-0.25, -0.2) is 0 Å². The Hall–Kier alpha value is -2.82. The van der Waals surface area contributed by atoms with Crippen molar-refractivity contribution in [2.45, 2.75) is 45.6 Å². The summed E-state index contributed by atoms with van der Waals surface area (Å²) in [6.07, 6.45) is 1.51. The molecule has 0 spiro atoms. The second-order valence-electron chi connectivity index (χ2n) is 7.55. The predicted molar refractivity (Wildman–Crippen MR) is 111 cm³/mol. The van der Waals surface area contributed by atoms with Crippen LogP contribution in [-0.4, -0.2) is 35.9 Å². The minimum atomic E-state index is -0.629. The van der Waals surface area contributed by atoms with E-state index in [1.807, 2.05) is 29.2 Å². The van der Waals surface area contributed by atoms with Gasteiger partial charge in [0.25, 0.3) is 11.8 Å². The van der Waals surface area contributed by atoms with Crippen molar-refractivity contribution in [1.29, 1.82) is 0 Å². The van der Waals surface area contributed by atoms with Crippen LogP contribution in [0.4, 0.5) is 5.69 Å². The number of nitrogens with one attached hydrogen (secondary N) is 1.